The van der Waals surface area contributed by atoms with Crippen molar-refractivity contribution in [2.24, 2.45) is 0 Å². The molecule has 1 aromatic rings. The van der Waals surface area contributed by atoms with E-state index in [2.05, 4.69) is 15.9 Å². The van der Waals surface area contributed by atoms with Crippen molar-refractivity contribution in [3.8, 4) is 0 Å². The number of thioether (sulfide) groups is 1. The second-order valence-electron chi connectivity index (χ2n) is 3.52. The minimum Gasteiger partial charge on any atom is -0.298 e. The van der Waals surface area contributed by atoms with E-state index in [1.807, 2.05) is 0 Å². The van der Waals surface area contributed by atoms with Crippen LogP contribution < -0.4 is 0 Å². The maximum absolute atomic E-state index is 12.3. The van der Waals surface area contributed by atoms with Gasteiger partial charge in [0.05, 0.1) is 0 Å². The quantitative estimate of drug-likeness (QED) is 0.550. The molecule has 0 saturated carbocycles. The molecule has 0 heterocycles. The van der Waals surface area contributed by atoms with Gasteiger partial charge in [0.15, 0.2) is 5.78 Å². The van der Waals surface area contributed by atoms with Crippen molar-refractivity contribution in [3.63, 3.8) is 0 Å². The molecule has 0 aliphatic rings. The van der Waals surface area contributed by atoms with Gasteiger partial charge in [-0.05, 0) is 35.9 Å². The number of carbonyl (C=O) groups is 1. The molecule has 0 bridgehead atoms. The number of benzene rings is 1. The van der Waals surface area contributed by atoms with Gasteiger partial charge in [0, 0.05) is 10.2 Å². The van der Waals surface area contributed by atoms with Gasteiger partial charge in [0.1, 0.15) is 5.38 Å². The highest BCUT2D eigenvalue weighted by atomic mass is 79.9. The summed E-state index contributed by atoms with van der Waals surface area (Å²) >= 11 is 8.81. The fraction of sp³-hybridized carbons (Fsp3) is 0.364. The van der Waals surface area contributed by atoms with Crippen LogP contribution in [0.4, 0.5) is 13.2 Å². The minimum absolute atomic E-state index is 0.107. The number of carbonyl (C=O) groups excluding carboxylic acids is 1. The lowest BCUT2D eigenvalue weighted by Gasteiger charge is -2.13. The molecule has 7 heteroatoms. The van der Waals surface area contributed by atoms with E-state index in [1.165, 1.54) is 25.1 Å². The summed E-state index contributed by atoms with van der Waals surface area (Å²) in [6.07, 6.45) is 0. The van der Waals surface area contributed by atoms with Crippen molar-refractivity contribution in [2.45, 2.75) is 28.0 Å². The van der Waals surface area contributed by atoms with Crippen LogP contribution in [-0.2, 0) is 10.1 Å². The number of Topliss-reactive ketones (excluding diaryl/α,β-unsaturated/α-hetero) is 1. The molecule has 1 atom stereocenters. The van der Waals surface area contributed by atoms with Crippen molar-refractivity contribution in [2.75, 3.05) is 0 Å². The molecule has 0 aliphatic heterocycles. The monoisotopic (exact) mass is 360 g/mol. The van der Waals surface area contributed by atoms with Gasteiger partial charge in [-0.1, -0.05) is 28.1 Å². The average molecular weight is 362 g/mol. The second-order valence-corrected chi connectivity index (χ2v) is 5.63. The molecule has 0 aromatic heterocycles. The summed E-state index contributed by atoms with van der Waals surface area (Å²) in [6, 6.07) is 4.30. The maximum Gasteiger partial charge on any atom is 0.446 e. The van der Waals surface area contributed by atoms with Crippen molar-refractivity contribution in [3.05, 3.63) is 29.3 Å². The molecule has 100 valence electrons. The molecule has 1 rings (SSSR count). The van der Waals surface area contributed by atoms with Crippen molar-refractivity contribution in [1.29, 1.82) is 0 Å². The van der Waals surface area contributed by atoms with E-state index in [-0.39, 0.29) is 27.8 Å². The molecule has 1 aromatic carbocycles. The third kappa shape index (κ3) is 4.48. The number of alkyl halides is 5. The number of ketones is 1. The highest BCUT2D eigenvalue weighted by molar-refractivity contribution is 9.08. The van der Waals surface area contributed by atoms with E-state index < -0.39 is 10.9 Å². The summed E-state index contributed by atoms with van der Waals surface area (Å²) in [5.74, 6) is -0.242. The zero-order valence-corrected chi connectivity index (χ0v) is 12.4. The molecular weight excluding hydrogens is 353 g/mol. The largest absolute Gasteiger partial charge is 0.446 e. The molecule has 0 amide bonds. The Morgan fingerprint density at radius 2 is 2.11 bits per heavy atom. The summed E-state index contributed by atoms with van der Waals surface area (Å²) in [4.78, 5) is 11.2. The Labute approximate surface area is 120 Å². The summed E-state index contributed by atoms with van der Waals surface area (Å²) in [5, 5.41) is -0.562. The summed E-state index contributed by atoms with van der Waals surface area (Å²) in [7, 11) is 0. The van der Waals surface area contributed by atoms with E-state index >= 15 is 0 Å². The van der Waals surface area contributed by atoms with Crippen LogP contribution in [0.1, 0.15) is 23.4 Å². The van der Waals surface area contributed by atoms with Crippen molar-refractivity contribution >= 4 is 45.1 Å². The van der Waals surface area contributed by atoms with Crippen molar-refractivity contribution in [1.82, 2.24) is 0 Å². The third-order valence-corrected chi connectivity index (χ3v) is 4.12. The van der Waals surface area contributed by atoms with Gasteiger partial charge in [0.25, 0.3) is 0 Å². The number of halogens is 5. The molecule has 1 nitrogen and oxygen atoms in total. The summed E-state index contributed by atoms with van der Waals surface area (Å²) in [5.41, 5.74) is -3.37. The van der Waals surface area contributed by atoms with E-state index in [4.69, 9.17) is 11.6 Å². The highest BCUT2D eigenvalue weighted by Crippen LogP contribution is 2.40. The Balaban J connectivity index is 3.07. The molecule has 0 saturated heterocycles. The van der Waals surface area contributed by atoms with Crippen LogP contribution in [0.3, 0.4) is 0 Å². The summed E-state index contributed by atoms with van der Waals surface area (Å²) < 4.78 is 36.9. The fourth-order valence-corrected chi connectivity index (χ4v) is 2.75. The minimum atomic E-state index is -4.33. The fourth-order valence-electron chi connectivity index (χ4n) is 1.32. The van der Waals surface area contributed by atoms with Gasteiger partial charge >= 0.3 is 5.51 Å². The SMILES string of the molecule is CC(=O)C(Cl)c1ccc(SC(F)(F)F)c(CBr)c1. The molecule has 0 aliphatic carbocycles. The van der Waals surface area contributed by atoms with Crippen LogP contribution in [0.15, 0.2) is 23.1 Å². The molecule has 18 heavy (non-hydrogen) atoms. The lowest BCUT2D eigenvalue weighted by atomic mass is 10.1. The van der Waals surface area contributed by atoms with Gasteiger partial charge in [-0.2, -0.15) is 13.2 Å². The predicted octanol–water partition coefficient (Wildman–Crippen LogP) is 5.06. The van der Waals surface area contributed by atoms with Crippen molar-refractivity contribution < 1.29 is 18.0 Å². The Hall–Kier alpha value is -0.200. The van der Waals surface area contributed by atoms with Crippen LogP contribution in [0.5, 0.6) is 0 Å². The van der Waals surface area contributed by atoms with Crippen LogP contribution in [0, 0.1) is 0 Å². The Kier molecular flexibility index (Phi) is 5.55. The zero-order valence-electron chi connectivity index (χ0n) is 9.22. The first-order valence-electron chi connectivity index (χ1n) is 4.83. The molecular formula is C11H9BrClF3OS. The zero-order chi connectivity index (χ0) is 13.9. The van der Waals surface area contributed by atoms with Crippen LogP contribution in [0.2, 0.25) is 0 Å². The molecule has 0 N–H and O–H groups in total. The third-order valence-electron chi connectivity index (χ3n) is 2.10. The average Bonchev–Trinajstić information content (AvgIpc) is 2.26. The number of rotatable bonds is 4. The van der Waals surface area contributed by atoms with Crippen LogP contribution >= 0.6 is 39.3 Å². The lowest BCUT2D eigenvalue weighted by molar-refractivity contribution is -0.116. The summed E-state index contributed by atoms with van der Waals surface area (Å²) in [6.45, 7) is 1.34. The first-order valence-corrected chi connectivity index (χ1v) is 7.21. The predicted molar refractivity (Wildman–Crippen MR) is 70.3 cm³/mol. The standard InChI is InChI=1S/C11H9BrClF3OS/c1-6(17)10(13)7-2-3-9(8(4-7)5-12)18-11(14,15)16/h2-4,10H,5H2,1H3. The first kappa shape index (κ1) is 15.9. The van der Waals surface area contributed by atoms with E-state index in [0.717, 1.165) is 0 Å². The van der Waals surface area contributed by atoms with Crippen LogP contribution in [-0.4, -0.2) is 11.3 Å². The van der Waals surface area contributed by atoms with E-state index in [9.17, 15) is 18.0 Å². The Morgan fingerprint density at radius 1 is 1.50 bits per heavy atom. The van der Waals surface area contributed by atoms with E-state index in [1.54, 1.807) is 0 Å². The Morgan fingerprint density at radius 3 is 2.56 bits per heavy atom. The van der Waals surface area contributed by atoms with Gasteiger partial charge in [-0.3, -0.25) is 4.79 Å². The van der Waals surface area contributed by atoms with Gasteiger partial charge in [-0.15, -0.1) is 11.6 Å². The highest BCUT2D eigenvalue weighted by Gasteiger charge is 2.30. The molecule has 0 fully saturated rings. The van der Waals surface area contributed by atoms with Gasteiger partial charge in [-0.25, -0.2) is 0 Å². The number of hydrogen-bond acceptors (Lipinski definition) is 2. The van der Waals surface area contributed by atoms with Gasteiger partial charge in [0.2, 0.25) is 0 Å². The molecule has 0 spiro atoms. The maximum atomic E-state index is 12.3. The van der Waals surface area contributed by atoms with E-state index in [0.29, 0.717) is 11.1 Å². The first-order chi connectivity index (χ1) is 8.24. The lowest BCUT2D eigenvalue weighted by Crippen LogP contribution is -2.04. The smallest absolute Gasteiger partial charge is 0.298 e. The second kappa shape index (κ2) is 6.30. The van der Waals surface area contributed by atoms with Crippen LogP contribution in [0.25, 0.3) is 0 Å². The topological polar surface area (TPSA) is 17.1 Å². The molecule has 1 unspecified atom stereocenters. The Bertz CT molecular complexity index is 450. The molecule has 0 radical (unpaired) electrons. The van der Waals surface area contributed by atoms with Gasteiger partial charge < -0.3 is 0 Å². The number of hydrogen-bond donors (Lipinski definition) is 0. The normalized spacial score (nSPS) is 13.4.